The predicted molar refractivity (Wildman–Crippen MR) is 65.7 cm³/mol. The third-order valence-corrected chi connectivity index (χ3v) is 2.23. The van der Waals surface area contributed by atoms with Crippen LogP contribution >= 0.6 is 11.8 Å². The van der Waals surface area contributed by atoms with Crippen molar-refractivity contribution >= 4 is 11.8 Å². The number of hydrogen-bond donors (Lipinski definition) is 0. The van der Waals surface area contributed by atoms with Crippen LogP contribution in [0.2, 0.25) is 0 Å². The molecule has 0 aliphatic rings. The molecule has 1 heteroatoms. The molecule has 1 aromatic carbocycles. The molecule has 0 radical (unpaired) electrons. The molecule has 0 fully saturated rings. The number of benzene rings is 1. The van der Waals surface area contributed by atoms with Crippen LogP contribution in [0.15, 0.2) is 29.2 Å². The van der Waals surface area contributed by atoms with Crippen molar-refractivity contribution < 1.29 is 0 Å². The first-order chi connectivity index (χ1) is 5.83. The summed E-state index contributed by atoms with van der Waals surface area (Å²) in [6.45, 7) is 8.28. The Kier molecular flexibility index (Phi) is 11.2. The van der Waals surface area contributed by atoms with Gasteiger partial charge in [0.25, 0.3) is 0 Å². The van der Waals surface area contributed by atoms with Crippen LogP contribution in [0.3, 0.4) is 0 Å². The first kappa shape index (κ1) is 15.1. The number of aryl methyl sites for hydroxylation is 1. The molecule has 0 bridgehead atoms. The minimum absolute atomic E-state index is 0. The maximum absolute atomic E-state index is 2.17. The molecule has 0 nitrogen and oxygen atoms in total. The highest BCUT2D eigenvalue weighted by atomic mass is 32.2. The van der Waals surface area contributed by atoms with Gasteiger partial charge in [-0.3, -0.25) is 0 Å². The second kappa shape index (κ2) is 9.66. The van der Waals surface area contributed by atoms with E-state index in [9.17, 15) is 0 Å². The van der Waals surface area contributed by atoms with E-state index < -0.39 is 0 Å². The van der Waals surface area contributed by atoms with Crippen LogP contribution in [-0.2, 0) is 0 Å². The van der Waals surface area contributed by atoms with Crippen molar-refractivity contribution in [3.05, 3.63) is 29.8 Å². The van der Waals surface area contributed by atoms with Crippen molar-refractivity contribution in [2.24, 2.45) is 0 Å². The van der Waals surface area contributed by atoms with Crippen LogP contribution < -0.4 is 0 Å². The van der Waals surface area contributed by atoms with E-state index >= 15 is 0 Å². The van der Waals surface area contributed by atoms with E-state index in [4.69, 9.17) is 0 Å². The fourth-order valence-electron chi connectivity index (χ4n) is 0.801. The van der Waals surface area contributed by atoms with Crippen LogP contribution in [0.5, 0.6) is 0 Å². The maximum atomic E-state index is 2.17. The molecule has 13 heavy (non-hydrogen) atoms. The predicted octanol–water partition coefficient (Wildman–Crippen LogP) is 4.77. The van der Waals surface area contributed by atoms with Crippen LogP contribution in [0.1, 0.15) is 33.8 Å². The highest BCUT2D eigenvalue weighted by Crippen LogP contribution is 2.16. The van der Waals surface area contributed by atoms with Gasteiger partial charge < -0.3 is 0 Å². The summed E-state index contributed by atoms with van der Waals surface area (Å²) in [5.74, 6) is 1.16. The van der Waals surface area contributed by atoms with E-state index in [1.165, 1.54) is 10.5 Å². The fourth-order valence-corrected chi connectivity index (χ4v) is 1.46. The second-order valence-electron chi connectivity index (χ2n) is 2.25. The van der Waals surface area contributed by atoms with E-state index in [0.717, 1.165) is 5.75 Å². The Bertz CT molecular complexity index is 189. The van der Waals surface area contributed by atoms with Gasteiger partial charge in [0.2, 0.25) is 0 Å². The lowest BCUT2D eigenvalue weighted by atomic mass is 10.2. The fraction of sp³-hybridized carbons (Fsp3) is 0.500. The number of rotatable bonds is 2. The molecule has 1 rings (SSSR count). The van der Waals surface area contributed by atoms with E-state index in [-0.39, 0.29) is 7.43 Å². The number of hydrogen-bond acceptors (Lipinski definition) is 1. The third kappa shape index (κ3) is 6.71. The van der Waals surface area contributed by atoms with Crippen LogP contribution in [0.4, 0.5) is 0 Å². The molecule has 0 aromatic heterocycles. The quantitative estimate of drug-likeness (QED) is 0.617. The largest absolute Gasteiger partial charge is 0.126 e. The van der Waals surface area contributed by atoms with Gasteiger partial charge in [-0.2, -0.15) is 0 Å². The normalized spacial score (nSPS) is 8.00. The zero-order valence-corrected chi connectivity index (χ0v) is 9.24. The summed E-state index contributed by atoms with van der Waals surface area (Å²) in [6, 6.07) is 8.64. The summed E-state index contributed by atoms with van der Waals surface area (Å²) in [4.78, 5) is 1.37. The molecule has 0 saturated heterocycles. The van der Waals surface area contributed by atoms with Crippen molar-refractivity contribution in [1.82, 2.24) is 0 Å². The summed E-state index contributed by atoms with van der Waals surface area (Å²) in [6.07, 6.45) is 0. The third-order valence-electron chi connectivity index (χ3n) is 1.33. The first-order valence-corrected chi connectivity index (χ1v) is 5.51. The molecule has 0 atom stereocenters. The van der Waals surface area contributed by atoms with Crippen molar-refractivity contribution in [1.29, 1.82) is 0 Å². The molecular formula is C12H22S. The van der Waals surface area contributed by atoms with Crippen molar-refractivity contribution in [3.63, 3.8) is 0 Å². The van der Waals surface area contributed by atoms with Gasteiger partial charge in [-0.15, -0.1) is 11.8 Å². The zero-order valence-electron chi connectivity index (χ0n) is 8.42. The summed E-state index contributed by atoms with van der Waals surface area (Å²) in [5.41, 5.74) is 1.33. The minimum Gasteiger partial charge on any atom is -0.126 e. The lowest BCUT2D eigenvalue weighted by molar-refractivity contribution is 1.37. The molecular weight excluding hydrogens is 176 g/mol. The maximum Gasteiger partial charge on any atom is 0.00720 e. The molecule has 0 N–H and O–H groups in total. The Hall–Kier alpha value is -0.430. The summed E-state index contributed by atoms with van der Waals surface area (Å²) < 4.78 is 0. The van der Waals surface area contributed by atoms with Gasteiger partial charge in [0.1, 0.15) is 0 Å². The zero-order chi connectivity index (χ0) is 9.40. The lowest BCUT2D eigenvalue weighted by Crippen LogP contribution is -1.73. The van der Waals surface area contributed by atoms with E-state index in [1.807, 2.05) is 25.6 Å². The molecule has 0 heterocycles. The van der Waals surface area contributed by atoms with Crippen LogP contribution in [0, 0.1) is 6.92 Å². The average molecular weight is 198 g/mol. The Morgan fingerprint density at radius 2 is 1.54 bits per heavy atom. The van der Waals surface area contributed by atoms with Crippen molar-refractivity contribution in [2.75, 3.05) is 5.75 Å². The molecule has 0 amide bonds. The van der Waals surface area contributed by atoms with Crippen molar-refractivity contribution in [3.8, 4) is 0 Å². The van der Waals surface area contributed by atoms with E-state index in [1.54, 1.807) is 0 Å². The summed E-state index contributed by atoms with van der Waals surface area (Å²) in [7, 11) is 0. The average Bonchev–Trinajstić information content (AvgIpc) is 2.13. The summed E-state index contributed by atoms with van der Waals surface area (Å²) in [5, 5.41) is 0. The Morgan fingerprint density at radius 1 is 1.08 bits per heavy atom. The SMILES string of the molecule is C.CC.CCSc1ccc(C)cc1. The van der Waals surface area contributed by atoms with Gasteiger partial charge in [0.05, 0.1) is 0 Å². The first-order valence-electron chi connectivity index (χ1n) is 4.52. The summed E-state index contributed by atoms with van der Waals surface area (Å²) >= 11 is 1.88. The topological polar surface area (TPSA) is 0 Å². The van der Waals surface area contributed by atoms with E-state index in [0.29, 0.717) is 0 Å². The standard InChI is InChI=1S/C9H12S.C2H6.CH4/c1-3-10-9-6-4-8(2)5-7-9;1-2;/h4-7H,3H2,1-2H3;1-2H3;1H4. The van der Waals surface area contributed by atoms with Gasteiger partial charge in [-0.05, 0) is 24.8 Å². The highest BCUT2D eigenvalue weighted by Gasteiger charge is 1.88. The Balaban J connectivity index is 0. The lowest BCUT2D eigenvalue weighted by Gasteiger charge is -1.96. The molecule has 0 aliphatic carbocycles. The van der Waals surface area contributed by atoms with Crippen LogP contribution in [0.25, 0.3) is 0 Å². The minimum atomic E-state index is 0. The molecule has 76 valence electrons. The van der Waals surface area contributed by atoms with Gasteiger partial charge in [0.15, 0.2) is 0 Å². The monoisotopic (exact) mass is 198 g/mol. The Labute approximate surface area is 87.8 Å². The van der Waals surface area contributed by atoms with Gasteiger partial charge in [0, 0.05) is 4.90 Å². The van der Waals surface area contributed by atoms with E-state index in [2.05, 4.69) is 38.1 Å². The van der Waals surface area contributed by atoms with Gasteiger partial charge in [-0.1, -0.05) is 45.9 Å². The van der Waals surface area contributed by atoms with Gasteiger partial charge in [-0.25, -0.2) is 0 Å². The Morgan fingerprint density at radius 3 is 1.92 bits per heavy atom. The highest BCUT2D eigenvalue weighted by molar-refractivity contribution is 7.99. The second-order valence-corrected chi connectivity index (χ2v) is 3.58. The van der Waals surface area contributed by atoms with Crippen LogP contribution in [-0.4, -0.2) is 5.75 Å². The van der Waals surface area contributed by atoms with Gasteiger partial charge >= 0.3 is 0 Å². The smallest absolute Gasteiger partial charge is 0.00720 e. The molecule has 0 saturated carbocycles. The molecule has 0 unspecified atom stereocenters. The van der Waals surface area contributed by atoms with Crippen molar-refractivity contribution in [2.45, 2.75) is 40.0 Å². The number of thioether (sulfide) groups is 1. The molecule has 1 aromatic rings. The molecule has 0 aliphatic heterocycles. The molecule has 0 spiro atoms.